The van der Waals surface area contributed by atoms with E-state index in [1.807, 2.05) is 0 Å². The Labute approximate surface area is 190 Å². The molecule has 3 N–H and O–H groups in total. The molecule has 3 aromatic rings. The van der Waals surface area contributed by atoms with Gasteiger partial charge in [0.25, 0.3) is 0 Å². The fourth-order valence-corrected chi connectivity index (χ4v) is 4.82. The Balaban J connectivity index is 1.55. The molecule has 2 aromatic carbocycles. The molecule has 33 heavy (non-hydrogen) atoms. The van der Waals surface area contributed by atoms with E-state index < -0.39 is 17.4 Å². The summed E-state index contributed by atoms with van der Waals surface area (Å²) >= 11 is 0. The fourth-order valence-electron chi connectivity index (χ4n) is 4.82. The lowest BCUT2D eigenvalue weighted by Gasteiger charge is -2.22. The second-order valence-corrected chi connectivity index (χ2v) is 8.40. The van der Waals surface area contributed by atoms with Crippen molar-refractivity contribution in [2.45, 2.75) is 18.8 Å². The molecule has 1 saturated heterocycles. The molecule has 2 atom stereocenters. The summed E-state index contributed by atoms with van der Waals surface area (Å²) in [7, 11) is 0. The summed E-state index contributed by atoms with van der Waals surface area (Å²) in [5.74, 6) is -1.07. The Morgan fingerprint density at radius 3 is 2.67 bits per heavy atom. The van der Waals surface area contributed by atoms with Crippen LogP contribution in [0.3, 0.4) is 0 Å². The molecule has 0 aliphatic carbocycles. The first-order valence-corrected chi connectivity index (χ1v) is 11.0. The standard InChI is InChI=1S/C25H23F2N5O/c26-19-4-2-1-3-18(19)24(33)14-5-6-17(20(27)11-14)23-21-22(31-13-32-25(21)28)16(8-10-30-23)15-7-9-29-12-15/h1-6,11,13,15-16,29H,7-10,12H2,(H2,28,31,32). The SMILES string of the molecule is Nc1ncnc2c1C(c1ccc(C(=O)c3ccccc3F)cc1F)=NCCC2C1CCNC1. The van der Waals surface area contributed by atoms with Crippen LogP contribution in [0, 0.1) is 17.6 Å². The smallest absolute Gasteiger partial charge is 0.196 e. The number of benzene rings is 2. The number of fused-ring (bicyclic) bond motifs is 1. The van der Waals surface area contributed by atoms with Crippen molar-refractivity contribution in [1.29, 1.82) is 0 Å². The van der Waals surface area contributed by atoms with Gasteiger partial charge in [0, 0.05) is 23.6 Å². The van der Waals surface area contributed by atoms with E-state index in [0.717, 1.165) is 37.7 Å². The highest BCUT2D eigenvalue weighted by Crippen LogP contribution is 2.37. The van der Waals surface area contributed by atoms with Gasteiger partial charge in [-0.1, -0.05) is 18.2 Å². The number of nitrogens with two attached hydrogens (primary N) is 1. The maximum Gasteiger partial charge on any atom is 0.196 e. The Hall–Kier alpha value is -3.52. The number of carbonyl (C=O) groups excluding carboxylic acids is 1. The molecular formula is C25H23F2N5O. The quantitative estimate of drug-likeness (QED) is 0.597. The van der Waals surface area contributed by atoms with Crippen LogP contribution >= 0.6 is 0 Å². The average Bonchev–Trinajstić information content (AvgIpc) is 3.27. The van der Waals surface area contributed by atoms with Gasteiger partial charge in [0.1, 0.15) is 23.8 Å². The summed E-state index contributed by atoms with van der Waals surface area (Å²) in [5.41, 5.74) is 8.16. The molecule has 1 aromatic heterocycles. The van der Waals surface area contributed by atoms with Crippen LogP contribution in [0.15, 0.2) is 53.8 Å². The number of aliphatic imine (C=N–C) groups is 1. The molecule has 6 nitrogen and oxygen atoms in total. The Morgan fingerprint density at radius 2 is 1.91 bits per heavy atom. The highest BCUT2D eigenvalue weighted by molar-refractivity contribution is 6.17. The predicted octanol–water partition coefficient (Wildman–Crippen LogP) is 3.50. The number of rotatable bonds is 4. The van der Waals surface area contributed by atoms with E-state index in [-0.39, 0.29) is 28.4 Å². The summed E-state index contributed by atoms with van der Waals surface area (Å²) in [4.78, 5) is 26.1. The number of ketones is 1. The van der Waals surface area contributed by atoms with Gasteiger partial charge in [-0.05, 0) is 56.1 Å². The second kappa shape index (κ2) is 8.78. The largest absolute Gasteiger partial charge is 0.383 e. The number of anilines is 1. The minimum absolute atomic E-state index is 0.0583. The van der Waals surface area contributed by atoms with Crippen molar-refractivity contribution in [3.63, 3.8) is 0 Å². The molecule has 0 spiro atoms. The minimum Gasteiger partial charge on any atom is -0.383 e. The lowest BCUT2D eigenvalue weighted by molar-refractivity contribution is 0.103. The zero-order valence-electron chi connectivity index (χ0n) is 17.9. The number of aromatic nitrogens is 2. The third kappa shape index (κ3) is 3.91. The van der Waals surface area contributed by atoms with Crippen molar-refractivity contribution in [2.24, 2.45) is 10.9 Å². The zero-order valence-corrected chi connectivity index (χ0v) is 17.9. The Morgan fingerprint density at radius 1 is 1.06 bits per heavy atom. The third-order valence-electron chi connectivity index (χ3n) is 6.48. The second-order valence-electron chi connectivity index (χ2n) is 8.40. The number of nitrogens with one attached hydrogen (secondary N) is 1. The molecule has 0 saturated carbocycles. The summed E-state index contributed by atoms with van der Waals surface area (Å²) in [6.45, 7) is 2.35. The first-order valence-electron chi connectivity index (χ1n) is 11.0. The zero-order chi connectivity index (χ0) is 22.9. The first kappa shape index (κ1) is 21.3. The molecule has 168 valence electrons. The van der Waals surface area contributed by atoms with Gasteiger partial charge < -0.3 is 11.1 Å². The monoisotopic (exact) mass is 447 g/mol. The molecular weight excluding hydrogens is 424 g/mol. The molecule has 5 rings (SSSR count). The molecule has 1 fully saturated rings. The normalized spacial score (nSPS) is 20.1. The summed E-state index contributed by atoms with van der Waals surface area (Å²) < 4.78 is 29.4. The van der Waals surface area contributed by atoms with Gasteiger partial charge in [-0.25, -0.2) is 18.7 Å². The highest BCUT2D eigenvalue weighted by Gasteiger charge is 2.33. The van der Waals surface area contributed by atoms with Crippen molar-refractivity contribution in [1.82, 2.24) is 15.3 Å². The maximum atomic E-state index is 15.3. The molecule has 8 heteroatoms. The topological polar surface area (TPSA) is 93.3 Å². The Kier molecular flexibility index (Phi) is 5.68. The van der Waals surface area contributed by atoms with Gasteiger partial charge in [-0.2, -0.15) is 0 Å². The van der Waals surface area contributed by atoms with E-state index in [9.17, 15) is 9.18 Å². The Bertz CT molecular complexity index is 1250. The van der Waals surface area contributed by atoms with Gasteiger partial charge in [0.05, 0.1) is 22.5 Å². The van der Waals surface area contributed by atoms with Crippen molar-refractivity contribution >= 4 is 17.3 Å². The van der Waals surface area contributed by atoms with Gasteiger partial charge in [0.15, 0.2) is 5.78 Å². The molecule has 0 bridgehead atoms. The summed E-state index contributed by atoms with van der Waals surface area (Å²) in [5, 5.41) is 3.39. The van der Waals surface area contributed by atoms with E-state index in [2.05, 4.69) is 20.3 Å². The van der Waals surface area contributed by atoms with E-state index >= 15 is 4.39 Å². The van der Waals surface area contributed by atoms with Gasteiger partial charge >= 0.3 is 0 Å². The van der Waals surface area contributed by atoms with Crippen LogP contribution in [0.2, 0.25) is 0 Å². The molecule has 3 heterocycles. The van der Waals surface area contributed by atoms with Crippen LogP contribution in [0.5, 0.6) is 0 Å². The number of hydrogen-bond acceptors (Lipinski definition) is 6. The van der Waals surface area contributed by atoms with Gasteiger partial charge in [-0.3, -0.25) is 9.79 Å². The summed E-state index contributed by atoms with van der Waals surface area (Å²) in [6, 6.07) is 9.75. The van der Waals surface area contributed by atoms with Crippen LogP contribution in [0.4, 0.5) is 14.6 Å². The molecule has 2 aliphatic heterocycles. The van der Waals surface area contributed by atoms with Crippen LogP contribution in [-0.2, 0) is 0 Å². The number of carbonyl (C=O) groups is 1. The van der Waals surface area contributed by atoms with Crippen molar-refractivity contribution < 1.29 is 13.6 Å². The van der Waals surface area contributed by atoms with E-state index in [1.165, 1.54) is 36.7 Å². The minimum atomic E-state index is -0.647. The number of nitrogens with zero attached hydrogens (tertiary/aromatic N) is 3. The van der Waals surface area contributed by atoms with E-state index in [4.69, 9.17) is 5.73 Å². The van der Waals surface area contributed by atoms with Crippen molar-refractivity contribution in [3.8, 4) is 0 Å². The maximum absolute atomic E-state index is 15.3. The predicted molar refractivity (Wildman–Crippen MR) is 122 cm³/mol. The van der Waals surface area contributed by atoms with Crippen LogP contribution in [-0.4, -0.2) is 41.1 Å². The van der Waals surface area contributed by atoms with Crippen molar-refractivity contribution in [2.75, 3.05) is 25.4 Å². The lowest BCUT2D eigenvalue weighted by Crippen LogP contribution is -2.21. The number of halogens is 2. The van der Waals surface area contributed by atoms with Crippen LogP contribution in [0.25, 0.3) is 0 Å². The molecule has 0 radical (unpaired) electrons. The van der Waals surface area contributed by atoms with E-state index in [0.29, 0.717) is 23.7 Å². The van der Waals surface area contributed by atoms with Crippen LogP contribution < -0.4 is 11.1 Å². The lowest BCUT2D eigenvalue weighted by atomic mass is 9.83. The average molecular weight is 447 g/mol. The first-order chi connectivity index (χ1) is 16.0. The highest BCUT2D eigenvalue weighted by atomic mass is 19.1. The molecule has 0 amide bonds. The number of nitrogen functional groups attached to an aromatic ring is 1. The number of hydrogen-bond donors (Lipinski definition) is 2. The van der Waals surface area contributed by atoms with Gasteiger partial charge in [-0.15, -0.1) is 0 Å². The summed E-state index contributed by atoms with van der Waals surface area (Å²) in [6.07, 6.45) is 3.26. The van der Waals surface area contributed by atoms with E-state index in [1.54, 1.807) is 6.07 Å². The van der Waals surface area contributed by atoms with Crippen molar-refractivity contribution in [3.05, 3.63) is 88.4 Å². The van der Waals surface area contributed by atoms with Crippen LogP contribution in [0.1, 0.15) is 51.5 Å². The molecule has 2 aliphatic rings. The van der Waals surface area contributed by atoms with Gasteiger partial charge in [0.2, 0.25) is 0 Å². The fraction of sp³-hybridized carbons (Fsp3) is 0.280. The third-order valence-corrected chi connectivity index (χ3v) is 6.48. The molecule has 2 unspecified atom stereocenters.